The second-order valence-corrected chi connectivity index (χ2v) is 5.86. The number of hydrogen-bond donors (Lipinski definition) is 0. The molecule has 0 radical (unpaired) electrons. The molecule has 0 aliphatic carbocycles. The van der Waals surface area contributed by atoms with E-state index in [9.17, 15) is 14.4 Å². The van der Waals surface area contributed by atoms with Crippen LogP contribution in [-0.4, -0.2) is 17.3 Å². The highest BCUT2D eigenvalue weighted by molar-refractivity contribution is 6.06. The third-order valence-corrected chi connectivity index (χ3v) is 3.05. The molecule has 0 saturated heterocycles. The number of carbonyl (C=O) groups is 3. The Kier molecular flexibility index (Phi) is 4.09. The highest BCUT2D eigenvalue weighted by atomic mass is 16.1. The van der Waals surface area contributed by atoms with E-state index < -0.39 is 0 Å². The molecule has 19 heavy (non-hydrogen) atoms. The first-order valence-electron chi connectivity index (χ1n) is 6.27. The number of ketones is 3. The molecule has 3 heteroatoms. The monoisotopic (exact) mass is 260 g/mol. The Morgan fingerprint density at radius 3 is 1.37 bits per heavy atom. The summed E-state index contributed by atoms with van der Waals surface area (Å²) in [5.74, 6) is -0.406. The van der Waals surface area contributed by atoms with Crippen LogP contribution in [0.1, 0.15) is 78.2 Å². The normalized spacial score (nSPS) is 11.3. The van der Waals surface area contributed by atoms with E-state index in [1.54, 1.807) is 12.1 Å². The van der Waals surface area contributed by atoms with Gasteiger partial charge in [-0.3, -0.25) is 14.4 Å². The average molecular weight is 260 g/mol. The first-order chi connectivity index (χ1) is 8.55. The predicted octanol–water partition coefficient (Wildman–Crippen LogP) is 3.59. The molecular weight excluding hydrogens is 240 g/mol. The minimum Gasteiger partial charge on any atom is -0.295 e. The van der Waals surface area contributed by atoms with Gasteiger partial charge in [-0.05, 0) is 43.9 Å². The van der Waals surface area contributed by atoms with Crippen LogP contribution >= 0.6 is 0 Å². The lowest BCUT2D eigenvalue weighted by Gasteiger charge is -2.25. The van der Waals surface area contributed by atoms with Crippen molar-refractivity contribution in [3.63, 3.8) is 0 Å². The van der Waals surface area contributed by atoms with E-state index in [2.05, 4.69) is 0 Å². The lowest BCUT2D eigenvalue weighted by atomic mass is 9.77. The summed E-state index contributed by atoms with van der Waals surface area (Å²) in [6, 6.07) is 3.19. The maximum absolute atomic E-state index is 11.8. The molecule has 0 saturated carbocycles. The Bertz CT molecular complexity index is 525. The molecule has 0 unspecified atom stereocenters. The lowest BCUT2D eigenvalue weighted by molar-refractivity contribution is 0.101. The summed E-state index contributed by atoms with van der Waals surface area (Å²) in [7, 11) is 0. The molecule has 0 aromatic heterocycles. The third kappa shape index (κ3) is 3.16. The summed E-state index contributed by atoms with van der Waals surface area (Å²) >= 11 is 0. The first kappa shape index (κ1) is 15.3. The highest BCUT2D eigenvalue weighted by Crippen LogP contribution is 2.31. The van der Waals surface area contributed by atoms with Crippen LogP contribution in [0, 0.1) is 0 Å². The van der Waals surface area contributed by atoms with Crippen LogP contribution in [0.2, 0.25) is 0 Å². The van der Waals surface area contributed by atoms with Gasteiger partial charge in [-0.25, -0.2) is 0 Å². The zero-order chi connectivity index (χ0) is 15.0. The molecular formula is C16H20O3. The van der Waals surface area contributed by atoms with Crippen LogP contribution in [0.3, 0.4) is 0 Å². The molecule has 102 valence electrons. The van der Waals surface area contributed by atoms with Gasteiger partial charge >= 0.3 is 0 Å². The molecule has 0 amide bonds. The first-order valence-corrected chi connectivity index (χ1v) is 6.27. The van der Waals surface area contributed by atoms with E-state index in [-0.39, 0.29) is 22.8 Å². The van der Waals surface area contributed by atoms with Crippen molar-refractivity contribution in [3.05, 3.63) is 34.4 Å². The number of Topliss-reactive ketones (excluding diaryl/α,β-unsaturated/α-hetero) is 3. The standard InChI is InChI=1S/C16H20O3/c1-9(17)12-7-13(10(2)18)15(16(4,5)6)14(8-12)11(3)19/h7-8H,1-6H3. The van der Waals surface area contributed by atoms with Gasteiger partial charge < -0.3 is 0 Å². The number of carbonyl (C=O) groups excluding carboxylic acids is 3. The molecule has 0 heterocycles. The van der Waals surface area contributed by atoms with Crippen molar-refractivity contribution >= 4 is 17.3 Å². The van der Waals surface area contributed by atoms with Gasteiger partial charge in [-0.1, -0.05) is 20.8 Å². The molecule has 0 aliphatic heterocycles. The summed E-state index contributed by atoms with van der Waals surface area (Å²) in [5, 5.41) is 0. The van der Waals surface area contributed by atoms with Gasteiger partial charge in [-0.15, -0.1) is 0 Å². The van der Waals surface area contributed by atoms with Gasteiger partial charge in [0.25, 0.3) is 0 Å². The van der Waals surface area contributed by atoms with Gasteiger partial charge in [0.2, 0.25) is 0 Å². The Balaban J connectivity index is 3.81. The molecule has 0 spiro atoms. The minimum absolute atomic E-state index is 0.129. The van der Waals surface area contributed by atoms with E-state index in [0.29, 0.717) is 16.7 Å². The molecule has 0 atom stereocenters. The molecule has 0 bridgehead atoms. The van der Waals surface area contributed by atoms with Crippen LogP contribution in [-0.2, 0) is 5.41 Å². The van der Waals surface area contributed by atoms with Gasteiger partial charge in [0.15, 0.2) is 17.3 Å². The van der Waals surface area contributed by atoms with Crippen molar-refractivity contribution in [2.45, 2.75) is 47.0 Å². The van der Waals surface area contributed by atoms with Gasteiger partial charge in [0.1, 0.15) is 0 Å². The van der Waals surface area contributed by atoms with E-state index >= 15 is 0 Å². The SMILES string of the molecule is CC(=O)c1cc(C(C)=O)c(C(C)(C)C)c(C(C)=O)c1. The highest BCUT2D eigenvalue weighted by Gasteiger charge is 2.26. The Hall–Kier alpha value is -1.77. The van der Waals surface area contributed by atoms with Crippen LogP contribution in [0.25, 0.3) is 0 Å². The third-order valence-electron chi connectivity index (χ3n) is 3.05. The maximum Gasteiger partial charge on any atom is 0.160 e. The average Bonchev–Trinajstić information content (AvgIpc) is 2.25. The molecule has 0 fully saturated rings. The van der Waals surface area contributed by atoms with Crippen molar-refractivity contribution in [3.8, 4) is 0 Å². The second-order valence-electron chi connectivity index (χ2n) is 5.86. The van der Waals surface area contributed by atoms with Crippen molar-refractivity contribution in [2.75, 3.05) is 0 Å². The summed E-state index contributed by atoms with van der Waals surface area (Å²) in [5.41, 5.74) is 1.72. The molecule has 3 nitrogen and oxygen atoms in total. The molecule has 0 aliphatic rings. The minimum atomic E-state index is -0.336. The Morgan fingerprint density at radius 2 is 1.16 bits per heavy atom. The topological polar surface area (TPSA) is 51.2 Å². The zero-order valence-electron chi connectivity index (χ0n) is 12.4. The number of hydrogen-bond acceptors (Lipinski definition) is 3. The molecule has 1 aromatic carbocycles. The van der Waals surface area contributed by atoms with Gasteiger partial charge in [0, 0.05) is 16.7 Å². The maximum atomic E-state index is 11.8. The summed E-state index contributed by atoms with van der Waals surface area (Å²) in [6.07, 6.45) is 0. The van der Waals surface area contributed by atoms with Crippen LogP contribution in [0.15, 0.2) is 12.1 Å². The van der Waals surface area contributed by atoms with E-state index in [1.165, 1.54) is 20.8 Å². The Morgan fingerprint density at radius 1 is 0.789 bits per heavy atom. The quantitative estimate of drug-likeness (QED) is 0.780. The van der Waals surface area contributed by atoms with E-state index in [1.807, 2.05) is 20.8 Å². The van der Waals surface area contributed by atoms with E-state index in [4.69, 9.17) is 0 Å². The zero-order valence-corrected chi connectivity index (χ0v) is 12.4. The van der Waals surface area contributed by atoms with Crippen molar-refractivity contribution in [1.29, 1.82) is 0 Å². The molecule has 1 aromatic rings. The van der Waals surface area contributed by atoms with Crippen LogP contribution in [0.4, 0.5) is 0 Å². The van der Waals surface area contributed by atoms with Crippen molar-refractivity contribution in [2.24, 2.45) is 0 Å². The fourth-order valence-corrected chi connectivity index (χ4v) is 2.21. The predicted molar refractivity (Wildman–Crippen MR) is 75.2 cm³/mol. The van der Waals surface area contributed by atoms with Gasteiger partial charge in [0.05, 0.1) is 0 Å². The van der Waals surface area contributed by atoms with Crippen molar-refractivity contribution in [1.82, 2.24) is 0 Å². The largest absolute Gasteiger partial charge is 0.295 e. The second kappa shape index (κ2) is 5.08. The number of rotatable bonds is 3. The summed E-state index contributed by atoms with van der Waals surface area (Å²) in [4.78, 5) is 35.2. The Labute approximate surface area is 114 Å². The molecule has 0 N–H and O–H groups in total. The van der Waals surface area contributed by atoms with Crippen LogP contribution in [0.5, 0.6) is 0 Å². The number of benzene rings is 1. The van der Waals surface area contributed by atoms with E-state index in [0.717, 1.165) is 5.56 Å². The molecule has 1 rings (SSSR count). The fourth-order valence-electron chi connectivity index (χ4n) is 2.21. The summed E-state index contributed by atoms with van der Waals surface area (Å²) < 4.78 is 0. The van der Waals surface area contributed by atoms with Crippen LogP contribution < -0.4 is 0 Å². The lowest BCUT2D eigenvalue weighted by Crippen LogP contribution is -2.21. The van der Waals surface area contributed by atoms with Crippen molar-refractivity contribution < 1.29 is 14.4 Å². The van der Waals surface area contributed by atoms with Gasteiger partial charge in [-0.2, -0.15) is 0 Å². The fraction of sp³-hybridized carbons (Fsp3) is 0.438. The smallest absolute Gasteiger partial charge is 0.160 e. The summed E-state index contributed by atoms with van der Waals surface area (Å²) in [6.45, 7) is 10.2.